The molecule has 0 radical (unpaired) electrons. The maximum atomic E-state index is 13.6. The first-order valence-electron chi connectivity index (χ1n) is 5.47. The summed E-state index contributed by atoms with van der Waals surface area (Å²) >= 11 is 0. The van der Waals surface area contributed by atoms with E-state index in [4.69, 9.17) is 11.0 Å². The largest absolute Gasteiger partial charge is 0.398 e. The lowest BCUT2D eigenvalue weighted by molar-refractivity contribution is 0.629. The van der Waals surface area contributed by atoms with Crippen molar-refractivity contribution in [3.05, 3.63) is 59.4 Å². The van der Waals surface area contributed by atoms with Gasteiger partial charge in [-0.3, -0.25) is 0 Å². The Morgan fingerprint density at radius 2 is 2.00 bits per heavy atom. The van der Waals surface area contributed by atoms with Crippen LogP contribution in [0, 0.1) is 17.1 Å². The van der Waals surface area contributed by atoms with Crippen molar-refractivity contribution >= 4 is 11.4 Å². The fourth-order valence-electron chi connectivity index (χ4n) is 1.61. The van der Waals surface area contributed by atoms with Gasteiger partial charge in [-0.15, -0.1) is 0 Å². The number of halogens is 1. The molecule has 90 valence electrons. The van der Waals surface area contributed by atoms with E-state index >= 15 is 0 Å². The van der Waals surface area contributed by atoms with E-state index in [1.807, 2.05) is 24.3 Å². The molecule has 0 fully saturated rings. The van der Waals surface area contributed by atoms with Crippen LogP contribution < -0.4 is 11.1 Å². The fraction of sp³-hybridized carbons (Fsp3) is 0.0714. The fourth-order valence-corrected chi connectivity index (χ4v) is 1.61. The average Bonchev–Trinajstić information content (AvgIpc) is 2.39. The Labute approximate surface area is 105 Å². The minimum Gasteiger partial charge on any atom is -0.398 e. The highest BCUT2D eigenvalue weighted by Crippen LogP contribution is 2.18. The molecule has 0 aliphatic carbocycles. The van der Waals surface area contributed by atoms with Crippen molar-refractivity contribution in [2.45, 2.75) is 6.54 Å². The van der Waals surface area contributed by atoms with E-state index < -0.39 is 5.82 Å². The van der Waals surface area contributed by atoms with Gasteiger partial charge in [-0.2, -0.15) is 5.26 Å². The van der Waals surface area contributed by atoms with Gasteiger partial charge in [-0.1, -0.05) is 18.2 Å². The van der Waals surface area contributed by atoms with E-state index in [2.05, 4.69) is 5.32 Å². The van der Waals surface area contributed by atoms with Crippen LogP contribution in [0.4, 0.5) is 15.8 Å². The van der Waals surface area contributed by atoms with Gasteiger partial charge < -0.3 is 11.1 Å². The predicted molar refractivity (Wildman–Crippen MR) is 69.3 cm³/mol. The van der Waals surface area contributed by atoms with Gasteiger partial charge in [0.05, 0.1) is 17.3 Å². The van der Waals surface area contributed by atoms with E-state index in [-0.39, 0.29) is 0 Å². The molecule has 0 aliphatic rings. The zero-order chi connectivity index (χ0) is 13.0. The molecule has 18 heavy (non-hydrogen) atoms. The topological polar surface area (TPSA) is 61.8 Å². The monoisotopic (exact) mass is 241 g/mol. The second-order valence-corrected chi connectivity index (χ2v) is 3.86. The SMILES string of the molecule is N#Cc1ccc(NCc2ccccc2N)c(F)c1. The van der Waals surface area contributed by atoms with E-state index in [0.29, 0.717) is 23.5 Å². The molecule has 3 N–H and O–H groups in total. The molecule has 3 nitrogen and oxygen atoms in total. The van der Waals surface area contributed by atoms with Crippen LogP contribution in [0.25, 0.3) is 0 Å². The number of para-hydroxylation sites is 1. The highest BCUT2D eigenvalue weighted by Gasteiger charge is 2.04. The molecule has 0 amide bonds. The van der Waals surface area contributed by atoms with Gasteiger partial charge in [0, 0.05) is 12.2 Å². The first kappa shape index (κ1) is 11.9. The van der Waals surface area contributed by atoms with Gasteiger partial charge in [-0.05, 0) is 29.8 Å². The number of nitrogen functional groups attached to an aromatic ring is 1. The number of nitriles is 1. The lowest BCUT2D eigenvalue weighted by Gasteiger charge is -2.09. The average molecular weight is 241 g/mol. The summed E-state index contributed by atoms with van der Waals surface area (Å²) in [7, 11) is 0. The summed E-state index contributed by atoms with van der Waals surface area (Å²) < 4.78 is 13.6. The van der Waals surface area contributed by atoms with Gasteiger partial charge in [-0.25, -0.2) is 4.39 Å². The molecule has 2 rings (SSSR count). The third-order valence-electron chi connectivity index (χ3n) is 2.62. The lowest BCUT2D eigenvalue weighted by Crippen LogP contribution is -2.04. The zero-order valence-electron chi connectivity index (χ0n) is 9.65. The minimum atomic E-state index is -0.441. The molecule has 0 spiro atoms. The smallest absolute Gasteiger partial charge is 0.147 e. The summed E-state index contributed by atoms with van der Waals surface area (Å²) in [4.78, 5) is 0. The number of rotatable bonds is 3. The van der Waals surface area contributed by atoms with Crippen molar-refractivity contribution in [3.8, 4) is 6.07 Å². The van der Waals surface area contributed by atoms with Crippen molar-refractivity contribution in [3.63, 3.8) is 0 Å². The maximum Gasteiger partial charge on any atom is 0.147 e. The summed E-state index contributed by atoms with van der Waals surface area (Å²) in [5, 5.41) is 11.6. The molecular weight excluding hydrogens is 229 g/mol. The molecule has 0 saturated heterocycles. The summed E-state index contributed by atoms with van der Waals surface area (Å²) in [6.07, 6.45) is 0. The summed E-state index contributed by atoms with van der Waals surface area (Å²) in [6.45, 7) is 0.440. The van der Waals surface area contributed by atoms with E-state index in [0.717, 1.165) is 5.56 Å². The number of nitrogens with one attached hydrogen (secondary N) is 1. The Balaban J connectivity index is 2.12. The molecule has 4 heteroatoms. The molecule has 0 atom stereocenters. The Morgan fingerprint density at radius 3 is 2.67 bits per heavy atom. The van der Waals surface area contributed by atoms with E-state index in [1.54, 1.807) is 18.2 Å². The third kappa shape index (κ3) is 2.58. The molecule has 0 bridgehead atoms. The van der Waals surface area contributed by atoms with E-state index in [9.17, 15) is 4.39 Å². The quantitative estimate of drug-likeness (QED) is 0.812. The summed E-state index contributed by atoms with van der Waals surface area (Å²) in [5.41, 5.74) is 8.02. The summed E-state index contributed by atoms with van der Waals surface area (Å²) in [6, 6.07) is 13.6. The van der Waals surface area contributed by atoms with Gasteiger partial charge in [0.2, 0.25) is 0 Å². The van der Waals surface area contributed by atoms with Crippen LogP contribution in [-0.2, 0) is 6.54 Å². The second-order valence-electron chi connectivity index (χ2n) is 3.86. The van der Waals surface area contributed by atoms with Crippen molar-refractivity contribution in [1.82, 2.24) is 0 Å². The second kappa shape index (κ2) is 5.19. The van der Waals surface area contributed by atoms with Gasteiger partial charge >= 0.3 is 0 Å². The normalized spacial score (nSPS) is 9.78. The number of nitrogens with zero attached hydrogens (tertiary/aromatic N) is 1. The predicted octanol–water partition coefficient (Wildman–Crippen LogP) is 2.89. The molecule has 0 aliphatic heterocycles. The van der Waals surface area contributed by atoms with Crippen LogP contribution in [0.15, 0.2) is 42.5 Å². The Hall–Kier alpha value is -2.54. The van der Waals surface area contributed by atoms with E-state index in [1.165, 1.54) is 6.07 Å². The van der Waals surface area contributed by atoms with Gasteiger partial charge in [0.1, 0.15) is 5.82 Å². The maximum absolute atomic E-state index is 13.6. The van der Waals surface area contributed by atoms with Crippen molar-refractivity contribution in [2.75, 3.05) is 11.1 Å². The van der Waals surface area contributed by atoms with Crippen LogP contribution in [0.3, 0.4) is 0 Å². The number of anilines is 2. The molecular formula is C14H12FN3. The highest BCUT2D eigenvalue weighted by atomic mass is 19.1. The standard InChI is InChI=1S/C14H12FN3/c15-12-7-10(8-16)5-6-14(12)18-9-11-3-1-2-4-13(11)17/h1-7,18H,9,17H2. The molecule has 0 heterocycles. The summed E-state index contributed by atoms with van der Waals surface area (Å²) in [5.74, 6) is -0.441. The first-order chi connectivity index (χ1) is 8.70. The van der Waals surface area contributed by atoms with Crippen LogP contribution in [0.5, 0.6) is 0 Å². The van der Waals surface area contributed by atoms with Crippen LogP contribution >= 0.6 is 0 Å². The first-order valence-corrected chi connectivity index (χ1v) is 5.47. The molecule has 2 aromatic carbocycles. The van der Waals surface area contributed by atoms with Crippen molar-refractivity contribution in [1.29, 1.82) is 5.26 Å². The Morgan fingerprint density at radius 1 is 1.22 bits per heavy atom. The van der Waals surface area contributed by atoms with Gasteiger partial charge in [0.25, 0.3) is 0 Å². The lowest BCUT2D eigenvalue weighted by atomic mass is 10.1. The minimum absolute atomic E-state index is 0.303. The van der Waals surface area contributed by atoms with Crippen LogP contribution in [0.1, 0.15) is 11.1 Å². The number of hydrogen-bond acceptors (Lipinski definition) is 3. The zero-order valence-corrected chi connectivity index (χ0v) is 9.65. The molecule has 0 unspecified atom stereocenters. The van der Waals surface area contributed by atoms with Crippen molar-refractivity contribution < 1.29 is 4.39 Å². The van der Waals surface area contributed by atoms with Gasteiger partial charge in [0.15, 0.2) is 0 Å². The third-order valence-corrected chi connectivity index (χ3v) is 2.62. The number of hydrogen-bond donors (Lipinski definition) is 2. The van der Waals surface area contributed by atoms with Crippen LogP contribution in [-0.4, -0.2) is 0 Å². The Bertz CT molecular complexity index is 602. The van der Waals surface area contributed by atoms with Crippen molar-refractivity contribution in [2.24, 2.45) is 0 Å². The molecule has 0 saturated carbocycles. The molecule has 0 aromatic heterocycles. The Kier molecular flexibility index (Phi) is 3.44. The highest BCUT2D eigenvalue weighted by molar-refractivity contribution is 5.52. The molecule has 2 aromatic rings. The number of benzene rings is 2. The number of nitrogens with two attached hydrogens (primary N) is 1. The van der Waals surface area contributed by atoms with Crippen LogP contribution in [0.2, 0.25) is 0 Å².